The van der Waals surface area contributed by atoms with E-state index in [9.17, 15) is 0 Å². The number of ether oxygens (including phenoxy) is 1. The van der Waals surface area contributed by atoms with Crippen LogP contribution >= 0.6 is 0 Å². The maximum atomic E-state index is 5.17. The molecule has 0 aliphatic carbocycles. The lowest BCUT2D eigenvalue weighted by Crippen LogP contribution is -2.47. The van der Waals surface area contributed by atoms with Crippen LogP contribution in [0.25, 0.3) is 5.65 Å². The van der Waals surface area contributed by atoms with Crippen molar-refractivity contribution in [2.45, 2.75) is 0 Å². The molecule has 23 heavy (non-hydrogen) atoms. The van der Waals surface area contributed by atoms with Gasteiger partial charge in [-0.3, -0.25) is 4.40 Å². The van der Waals surface area contributed by atoms with Gasteiger partial charge in [0.15, 0.2) is 5.65 Å². The van der Waals surface area contributed by atoms with Gasteiger partial charge in [-0.2, -0.15) is 0 Å². The summed E-state index contributed by atoms with van der Waals surface area (Å²) in [5.41, 5.74) is 0.866. The van der Waals surface area contributed by atoms with E-state index in [1.54, 1.807) is 19.8 Å². The maximum Gasteiger partial charge on any atom is 0.218 e. The number of piperazine rings is 1. The predicted molar refractivity (Wildman–Crippen MR) is 86.0 cm³/mol. The zero-order valence-electron chi connectivity index (χ0n) is 12.8. The Bertz CT molecular complexity index is 810. The first kappa shape index (κ1) is 13.7. The Balaban J connectivity index is 1.51. The number of anilines is 2. The van der Waals surface area contributed by atoms with Crippen molar-refractivity contribution >= 4 is 17.3 Å². The number of hydrogen-bond acceptors (Lipinski definition) is 7. The fourth-order valence-corrected chi connectivity index (χ4v) is 2.87. The summed E-state index contributed by atoms with van der Waals surface area (Å²) in [4.78, 5) is 13.0. The third-order valence-electron chi connectivity index (χ3n) is 4.08. The number of rotatable bonds is 3. The predicted octanol–water partition coefficient (Wildman–Crippen LogP) is 0.854. The number of hydrogen-bond donors (Lipinski definition) is 0. The quantitative estimate of drug-likeness (QED) is 0.710. The molecule has 0 saturated carbocycles. The molecule has 1 saturated heterocycles. The van der Waals surface area contributed by atoms with Crippen LogP contribution in [0, 0.1) is 0 Å². The zero-order valence-corrected chi connectivity index (χ0v) is 12.8. The minimum Gasteiger partial charge on any atom is -0.481 e. The molecule has 0 amide bonds. The lowest BCUT2D eigenvalue weighted by molar-refractivity contribution is 0.396. The summed E-state index contributed by atoms with van der Waals surface area (Å²) in [6.45, 7) is 3.59. The fourth-order valence-electron chi connectivity index (χ4n) is 2.87. The third-order valence-corrected chi connectivity index (χ3v) is 4.08. The molecule has 3 aromatic heterocycles. The Morgan fingerprint density at radius 1 is 1.04 bits per heavy atom. The average Bonchev–Trinajstić information content (AvgIpc) is 3.11. The van der Waals surface area contributed by atoms with Crippen molar-refractivity contribution in [3.8, 4) is 5.88 Å². The van der Waals surface area contributed by atoms with E-state index in [-0.39, 0.29) is 0 Å². The van der Waals surface area contributed by atoms with Crippen LogP contribution in [0.1, 0.15) is 0 Å². The molecule has 0 N–H and O–H groups in total. The normalized spacial score (nSPS) is 15.2. The summed E-state index contributed by atoms with van der Waals surface area (Å²) in [5, 5.41) is 8.08. The van der Waals surface area contributed by atoms with Gasteiger partial charge in [0, 0.05) is 32.2 Å². The molecule has 0 aromatic carbocycles. The zero-order chi connectivity index (χ0) is 15.6. The van der Waals surface area contributed by atoms with Gasteiger partial charge in [-0.25, -0.2) is 9.97 Å². The van der Waals surface area contributed by atoms with Gasteiger partial charge < -0.3 is 14.5 Å². The topological polar surface area (TPSA) is 71.7 Å². The summed E-state index contributed by atoms with van der Waals surface area (Å²) in [5.74, 6) is 2.61. The van der Waals surface area contributed by atoms with Crippen LogP contribution < -0.4 is 14.5 Å². The number of methoxy groups -OCH3 is 1. The van der Waals surface area contributed by atoms with Crippen molar-refractivity contribution in [1.82, 2.24) is 24.6 Å². The molecular formula is C15H17N7O. The van der Waals surface area contributed by atoms with Gasteiger partial charge in [-0.1, -0.05) is 6.07 Å². The minimum absolute atomic E-state index is 0.590. The van der Waals surface area contributed by atoms with Crippen LogP contribution in [0.4, 0.5) is 11.6 Å². The molecule has 1 aliphatic rings. The van der Waals surface area contributed by atoms with E-state index >= 15 is 0 Å². The Morgan fingerprint density at radius 3 is 2.70 bits per heavy atom. The lowest BCUT2D eigenvalue weighted by Gasteiger charge is -2.36. The van der Waals surface area contributed by atoms with E-state index in [2.05, 4.69) is 36.0 Å². The number of pyridine rings is 1. The summed E-state index contributed by atoms with van der Waals surface area (Å²) < 4.78 is 7.19. The van der Waals surface area contributed by atoms with Crippen molar-refractivity contribution in [2.24, 2.45) is 0 Å². The average molecular weight is 311 g/mol. The molecule has 8 heteroatoms. The molecule has 1 fully saturated rings. The number of fused-ring (bicyclic) bond motifs is 1. The summed E-state index contributed by atoms with van der Waals surface area (Å²) >= 11 is 0. The fraction of sp³-hybridized carbons (Fsp3) is 0.333. The summed E-state index contributed by atoms with van der Waals surface area (Å²) in [6, 6.07) is 7.94. The van der Waals surface area contributed by atoms with E-state index in [1.165, 1.54) is 0 Å². The molecule has 0 spiro atoms. The van der Waals surface area contributed by atoms with Crippen molar-refractivity contribution in [3.05, 3.63) is 36.9 Å². The van der Waals surface area contributed by atoms with Gasteiger partial charge >= 0.3 is 0 Å². The third kappa shape index (κ3) is 2.52. The SMILES string of the molecule is COc1cc(N2CCN(c3cccc4nncn34)CC2)ncn1. The number of aromatic nitrogens is 5. The molecule has 4 rings (SSSR count). The van der Waals surface area contributed by atoms with Gasteiger partial charge in [0.25, 0.3) is 0 Å². The molecule has 3 aromatic rings. The van der Waals surface area contributed by atoms with Gasteiger partial charge in [-0.15, -0.1) is 10.2 Å². The Kier molecular flexibility index (Phi) is 3.41. The molecule has 0 unspecified atom stereocenters. The van der Waals surface area contributed by atoms with Gasteiger partial charge in [0.2, 0.25) is 5.88 Å². The Hall–Kier alpha value is -2.90. The molecular weight excluding hydrogens is 294 g/mol. The van der Waals surface area contributed by atoms with Crippen LogP contribution in [0.2, 0.25) is 0 Å². The van der Waals surface area contributed by atoms with Crippen LogP contribution in [0.5, 0.6) is 5.88 Å². The first-order valence-corrected chi connectivity index (χ1v) is 7.50. The van der Waals surface area contributed by atoms with Crippen molar-refractivity contribution in [1.29, 1.82) is 0 Å². The van der Waals surface area contributed by atoms with Crippen molar-refractivity contribution in [2.75, 3.05) is 43.1 Å². The lowest BCUT2D eigenvalue weighted by atomic mass is 10.3. The molecule has 0 radical (unpaired) electrons. The molecule has 0 bridgehead atoms. The highest BCUT2D eigenvalue weighted by atomic mass is 16.5. The van der Waals surface area contributed by atoms with Crippen LogP contribution in [0.3, 0.4) is 0 Å². The Labute approximate surface area is 133 Å². The van der Waals surface area contributed by atoms with Crippen LogP contribution in [-0.2, 0) is 0 Å². The van der Waals surface area contributed by atoms with E-state index in [0.29, 0.717) is 5.88 Å². The first-order chi connectivity index (χ1) is 11.3. The first-order valence-electron chi connectivity index (χ1n) is 7.50. The van der Waals surface area contributed by atoms with Crippen LogP contribution in [0.15, 0.2) is 36.9 Å². The number of nitrogens with zero attached hydrogens (tertiary/aromatic N) is 7. The van der Waals surface area contributed by atoms with Crippen molar-refractivity contribution < 1.29 is 4.74 Å². The second-order valence-corrected chi connectivity index (χ2v) is 5.34. The minimum atomic E-state index is 0.590. The highest BCUT2D eigenvalue weighted by Gasteiger charge is 2.20. The standard InChI is InChI=1S/C15H17N7O/c1-23-14-9-13(16-10-17-14)20-5-7-21(8-6-20)15-4-2-3-12-19-18-11-22(12)15/h2-4,9-11H,5-8H2,1H3. The summed E-state index contributed by atoms with van der Waals surface area (Å²) in [7, 11) is 1.61. The second-order valence-electron chi connectivity index (χ2n) is 5.34. The highest BCUT2D eigenvalue weighted by Crippen LogP contribution is 2.21. The van der Waals surface area contributed by atoms with Gasteiger partial charge in [-0.05, 0) is 12.1 Å². The largest absolute Gasteiger partial charge is 0.481 e. The second kappa shape index (κ2) is 5.71. The molecule has 4 heterocycles. The molecule has 1 aliphatic heterocycles. The van der Waals surface area contributed by atoms with Gasteiger partial charge in [0.1, 0.15) is 24.3 Å². The monoisotopic (exact) mass is 311 g/mol. The summed E-state index contributed by atoms with van der Waals surface area (Å²) in [6.07, 6.45) is 3.30. The van der Waals surface area contributed by atoms with E-state index < -0.39 is 0 Å². The van der Waals surface area contributed by atoms with E-state index in [0.717, 1.165) is 43.5 Å². The van der Waals surface area contributed by atoms with E-state index in [4.69, 9.17) is 4.74 Å². The smallest absolute Gasteiger partial charge is 0.218 e. The van der Waals surface area contributed by atoms with Gasteiger partial charge in [0.05, 0.1) is 7.11 Å². The molecule has 8 nitrogen and oxygen atoms in total. The molecule has 118 valence electrons. The maximum absolute atomic E-state index is 5.17. The Morgan fingerprint density at radius 2 is 1.87 bits per heavy atom. The van der Waals surface area contributed by atoms with E-state index in [1.807, 2.05) is 22.6 Å². The van der Waals surface area contributed by atoms with Crippen molar-refractivity contribution in [3.63, 3.8) is 0 Å². The highest BCUT2D eigenvalue weighted by molar-refractivity contribution is 5.52. The molecule has 0 atom stereocenters. The van der Waals surface area contributed by atoms with Crippen LogP contribution in [-0.4, -0.2) is 57.9 Å².